The summed E-state index contributed by atoms with van der Waals surface area (Å²) in [7, 11) is 1.31. The maximum atomic E-state index is 11.9. The lowest BCUT2D eigenvalue weighted by atomic mass is 10.1. The molecular formula is C17H20N2O5. The molecule has 7 heteroatoms. The molecule has 0 aromatic heterocycles. The number of benzene rings is 2. The minimum Gasteiger partial charge on any atom is -0.865 e. The van der Waals surface area contributed by atoms with Crippen LogP contribution in [0.3, 0.4) is 0 Å². The summed E-state index contributed by atoms with van der Waals surface area (Å²) < 4.78 is 4.96. The van der Waals surface area contributed by atoms with Crippen LogP contribution in [0.1, 0.15) is 11.1 Å². The lowest BCUT2D eigenvalue weighted by Gasteiger charge is -2.20. The monoisotopic (exact) mass is 332 g/mol. The fraction of sp³-hybridized carbons (Fsp3) is 0.294. The van der Waals surface area contributed by atoms with Crippen LogP contribution in [0, 0.1) is 10.1 Å². The van der Waals surface area contributed by atoms with E-state index in [9.17, 15) is 20.3 Å². The molecule has 0 spiro atoms. The zero-order chi connectivity index (χ0) is 17.5. The summed E-state index contributed by atoms with van der Waals surface area (Å²) in [4.78, 5) is 11.4. The van der Waals surface area contributed by atoms with Crippen LogP contribution in [0.25, 0.3) is 0 Å². The maximum Gasteiger partial charge on any atom is 0.265 e. The van der Waals surface area contributed by atoms with Crippen LogP contribution in [0.5, 0.6) is 11.5 Å². The minimum absolute atomic E-state index is 0.00103. The summed E-state index contributed by atoms with van der Waals surface area (Å²) in [5.74, 6) is -0.764. The Morgan fingerprint density at radius 1 is 1.17 bits per heavy atom. The number of methoxy groups -OCH3 is 1. The summed E-state index contributed by atoms with van der Waals surface area (Å²) >= 11 is 0. The van der Waals surface area contributed by atoms with Gasteiger partial charge in [0.1, 0.15) is 25.4 Å². The van der Waals surface area contributed by atoms with Crippen molar-refractivity contribution in [2.75, 3.05) is 20.3 Å². The van der Waals surface area contributed by atoms with E-state index in [1.54, 1.807) is 0 Å². The number of nitro benzene ring substituents is 1. The van der Waals surface area contributed by atoms with Gasteiger partial charge in [-0.1, -0.05) is 30.3 Å². The van der Waals surface area contributed by atoms with Crippen LogP contribution in [0.2, 0.25) is 0 Å². The van der Waals surface area contributed by atoms with E-state index in [0.29, 0.717) is 25.2 Å². The number of aliphatic hydroxyl groups excluding tert-OH is 1. The molecule has 0 fully saturated rings. The van der Waals surface area contributed by atoms with Crippen molar-refractivity contribution in [1.82, 2.24) is 0 Å². The van der Waals surface area contributed by atoms with Gasteiger partial charge in [0.05, 0.1) is 18.6 Å². The fourth-order valence-electron chi connectivity index (χ4n) is 2.60. The first-order valence-corrected chi connectivity index (χ1v) is 7.55. The van der Waals surface area contributed by atoms with Crippen molar-refractivity contribution >= 4 is 5.69 Å². The highest BCUT2D eigenvalue weighted by atomic mass is 16.6. The van der Waals surface area contributed by atoms with Crippen LogP contribution >= 0.6 is 0 Å². The highest BCUT2D eigenvalue weighted by molar-refractivity contribution is 5.56. The summed E-state index contributed by atoms with van der Waals surface area (Å²) in [6.45, 7) is 1.59. The molecule has 0 heterocycles. The number of nitro groups is 1. The number of hydrogen-bond acceptors (Lipinski definition) is 5. The number of aliphatic hydroxyl groups is 1. The highest BCUT2D eigenvalue weighted by Crippen LogP contribution is 2.34. The number of quaternary nitrogens is 1. The molecule has 0 aliphatic rings. The van der Waals surface area contributed by atoms with E-state index in [4.69, 9.17) is 4.74 Å². The average Bonchev–Trinajstić information content (AvgIpc) is 2.57. The van der Waals surface area contributed by atoms with E-state index in [0.717, 1.165) is 10.5 Å². The molecule has 1 atom stereocenters. The van der Waals surface area contributed by atoms with Crippen molar-refractivity contribution in [3.8, 4) is 11.5 Å². The van der Waals surface area contributed by atoms with Gasteiger partial charge in [-0.2, -0.15) is 0 Å². The van der Waals surface area contributed by atoms with Crippen molar-refractivity contribution in [2.45, 2.75) is 13.1 Å². The van der Waals surface area contributed by atoms with Crippen LogP contribution < -0.4 is 14.7 Å². The molecular weight excluding hydrogens is 312 g/mol. The molecule has 24 heavy (non-hydrogen) atoms. The smallest absolute Gasteiger partial charge is 0.265 e. The lowest BCUT2D eigenvalue weighted by molar-refractivity contribution is -0.927. The Kier molecular flexibility index (Phi) is 6.11. The Morgan fingerprint density at radius 2 is 1.83 bits per heavy atom. The predicted octanol–water partition coefficient (Wildman–Crippen LogP) is 0.254. The van der Waals surface area contributed by atoms with Crippen molar-refractivity contribution in [1.29, 1.82) is 0 Å². The quantitative estimate of drug-likeness (QED) is 0.533. The standard InChI is InChI=1S/C17H20N2O5/c1-24-16-10-14(9-15(17(16)21)19(22)23)12-18(7-8-20)11-13-5-3-2-4-6-13/h2-6,9-10,20-21H,7-8,11-12H2,1H3. The maximum absolute atomic E-state index is 11.9. The minimum atomic E-state index is -0.724. The first kappa shape index (κ1) is 17.7. The van der Waals surface area contributed by atoms with E-state index in [2.05, 4.69) is 0 Å². The van der Waals surface area contributed by atoms with Crippen molar-refractivity contribution in [3.05, 3.63) is 63.7 Å². The second-order valence-corrected chi connectivity index (χ2v) is 5.47. The van der Waals surface area contributed by atoms with Gasteiger partial charge in [0, 0.05) is 22.9 Å². The Bertz CT molecular complexity index is 691. The van der Waals surface area contributed by atoms with E-state index in [-0.39, 0.29) is 12.4 Å². The van der Waals surface area contributed by atoms with Crippen LogP contribution in [-0.2, 0) is 13.1 Å². The van der Waals surface area contributed by atoms with Crippen LogP contribution in [-0.4, -0.2) is 30.3 Å². The number of rotatable bonds is 8. The molecule has 0 bridgehead atoms. The van der Waals surface area contributed by atoms with Crippen molar-refractivity contribution in [2.24, 2.45) is 0 Å². The topological polar surface area (TPSA) is 100 Å². The molecule has 7 nitrogen and oxygen atoms in total. The lowest BCUT2D eigenvalue weighted by Crippen LogP contribution is -3.09. The second kappa shape index (κ2) is 8.28. The normalized spacial score (nSPS) is 11.9. The largest absolute Gasteiger partial charge is 0.865 e. The van der Waals surface area contributed by atoms with Gasteiger partial charge in [0.15, 0.2) is 0 Å². The van der Waals surface area contributed by atoms with Crippen LogP contribution in [0.15, 0.2) is 42.5 Å². The van der Waals surface area contributed by atoms with Gasteiger partial charge in [-0.25, -0.2) is 0 Å². The van der Waals surface area contributed by atoms with Gasteiger partial charge < -0.3 is 19.8 Å². The summed E-state index contributed by atoms with van der Waals surface area (Å²) in [6.07, 6.45) is 0. The summed E-state index contributed by atoms with van der Waals surface area (Å²) in [5.41, 5.74) is 1.23. The third-order valence-corrected chi connectivity index (χ3v) is 3.73. The number of nitrogens with zero attached hydrogens (tertiary/aromatic N) is 1. The Morgan fingerprint density at radius 3 is 2.42 bits per heavy atom. The number of ether oxygens (including phenoxy) is 1. The molecule has 0 saturated heterocycles. The molecule has 0 aliphatic carbocycles. The SMILES string of the molecule is COc1cc(C[NH+](CCO)Cc2ccccc2)cc([N+](=O)[O-])c1[O-]. The predicted molar refractivity (Wildman–Crippen MR) is 85.9 cm³/mol. The van der Waals surface area contributed by atoms with Gasteiger partial charge in [-0.05, 0) is 6.07 Å². The Balaban J connectivity index is 2.25. The van der Waals surface area contributed by atoms with Crippen molar-refractivity contribution in [3.63, 3.8) is 0 Å². The van der Waals surface area contributed by atoms with Gasteiger partial charge in [0.2, 0.25) is 0 Å². The molecule has 0 saturated carbocycles. The summed E-state index contributed by atoms with van der Waals surface area (Å²) in [6, 6.07) is 12.6. The van der Waals surface area contributed by atoms with Crippen LogP contribution in [0.4, 0.5) is 5.69 Å². The zero-order valence-corrected chi connectivity index (χ0v) is 13.4. The van der Waals surface area contributed by atoms with E-state index in [1.807, 2.05) is 30.3 Å². The third-order valence-electron chi connectivity index (χ3n) is 3.73. The van der Waals surface area contributed by atoms with E-state index in [1.165, 1.54) is 19.2 Å². The van der Waals surface area contributed by atoms with E-state index < -0.39 is 16.4 Å². The number of hydrogen-bond donors (Lipinski definition) is 2. The Labute approximate surface area is 139 Å². The molecule has 2 aromatic carbocycles. The van der Waals surface area contributed by atoms with Gasteiger partial charge in [-0.3, -0.25) is 10.1 Å². The number of nitrogens with one attached hydrogen (secondary N) is 1. The molecule has 1 unspecified atom stereocenters. The van der Waals surface area contributed by atoms with Gasteiger partial charge in [-0.15, -0.1) is 0 Å². The van der Waals surface area contributed by atoms with Gasteiger partial charge >= 0.3 is 0 Å². The molecule has 2 aromatic rings. The first-order valence-electron chi connectivity index (χ1n) is 7.55. The molecule has 128 valence electrons. The molecule has 0 amide bonds. The Hall–Kier alpha value is -2.64. The second-order valence-electron chi connectivity index (χ2n) is 5.47. The molecule has 2 rings (SSSR count). The third kappa shape index (κ3) is 4.43. The molecule has 0 radical (unpaired) electrons. The first-order chi connectivity index (χ1) is 11.5. The highest BCUT2D eigenvalue weighted by Gasteiger charge is 2.17. The van der Waals surface area contributed by atoms with Gasteiger partial charge in [0.25, 0.3) is 5.69 Å². The molecule has 0 aliphatic heterocycles. The zero-order valence-electron chi connectivity index (χ0n) is 13.4. The average molecular weight is 332 g/mol. The fourth-order valence-corrected chi connectivity index (χ4v) is 2.60. The summed E-state index contributed by atoms with van der Waals surface area (Å²) in [5, 5.41) is 32.2. The van der Waals surface area contributed by atoms with Crippen molar-refractivity contribution < 1.29 is 24.8 Å². The molecule has 2 N–H and O–H groups in total. The van der Waals surface area contributed by atoms with E-state index >= 15 is 0 Å².